The van der Waals surface area contributed by atoms with Crippen molar-refractivity contribution in [3.63, 3.8) is 0 Å². The van der Waals surface area contributed by atoms with Gasteiger partial charge in [0.1, 0.15) is 4.90 Å². The van der Waals surface area contributed by atoms with Crippen molar-refractivity contribution < 1.29 is 8.42 Å². The minimum absolute atomic E-state index is 0.0735. The molecule has 0 radical (unpaired) electrons. The number of aromatic nitrogens is 1. The van der Waals surface area contributed by atoms with Crippen molar-refractivity contribution in [2.24, 2.45) is 5.14 Å². The maximum absolute atomic E-state index is 11.4. The quantitative estimate of drug-likeness (QED) is 0.858. The molecule has 0 saturated heterocycles. The number of hydrogen-bond acceptors (Lipinski definition) is 3. The lowest BCUT2D eigenvalue weighted by Gasteiger charge is -2.20. The summed E-state index contributed by atoms with van der Waals surface area (Å²) in [6, 6.07) is 1.48. The summed E-state index contributed by atoms with van der Waals surface area (Å²) < 4.78 is 23.3. The predicted octanol–water partition coefficient (Wildman–Crippen LogP) is 1.79. The molecule has 4 nitrogen and oxygen atoms in total. The van der Waals surface area contributed by atoms with Gasteiger partial charge in [0.05, 0.1) is 5.69 Å². The Balaban J connectivity index is 3.55. The third kappa shape index (κ3) is 2.99. The number of primary sulfonamides is 1. The van der Waals surface area contributed by atoms with Gasteiger partial charge in [-0.05, 0) is 22.0 Å². The van der Waals surface area contributed by atoms with Crippen molar-refractivity contribution in [1.29, 1.82) is 0 Å². The first-order chi connectivity index (χ1) is 6.62. The van der Waals surface area contributed by atoms with Gasteiger partial charge in [-0.3, -0.25) is 4.98 Å². The third-order valence-electron chi connectivity index (χ3n) is 1.84. The van der Waals surface area contributed by atoms with Crippen LogP contribution in [0.25, 0.3) is 0 Å². The van der Waals surface area contributed by atoms with E-state index < -0.39 is 10.0 Å². The molecule has 0 saturated carbocycles. The lowest BCUT2D eigenvalue weighted by Crippen LogP contribution is -2.22. The van der Waals surface area contributed by atoms with Gasteiger partial charge >= 0.3 is 0 Å². The van der Waals surface area contributed by atoms with E-state index in [1.54, 1.807) is 6.20 Å². The van der Waals surface area contributed by atoms with Crippen LogP contribution in [-0.4, -0.2) is 13.4 Å². The fourth-order valence-electron chi connectivity index (χ4n) is 1.20. The molecule has 0 atom stereocenters. The van der Waals surface area contributed by atoms with Crippen LogP contribution in [0.5, 0.6) is 0 Å². The highest BCUT2D eigenvalue weighted by molar-refractivity contribution is 9.10. The summed E-state index contributed by atoms with van der Waals surface area (Å²) in [6.45, 7) is 5.66. The SMILES string of the molecule is CC(C)(C)c1ncc(Br)cc1S(N)(=O)=O. The van der Waals surface area contributed by atoms with Crippen LogP contribution < -0.4 is 5.14 Å². The van der Waals surface area contributed by atoms with E-state index in [0.29, 0.717) is 10.2 Å². The fourth-order valence-corrected chi connectivity index (χ4v) is 2.60. The Morgan fingerprint density at radius 1 is 1.40 bits per heavy atom. The first-order valence-corrected chi connectivity index (χ1v) is 6.65. The number of hydrogen-bond donors (Lipinski definition) is 1. The molecule has 0 bridgehead atoms. The van der Waals surface area contributed by atoms with E-state index in [1.165, 1.54) is 6.07 Å². The minimum Gasteiger partial charge on any atom is -0.258 e. The molecule has 84 valence electrons. The van der Waals surface area contributed by atoms with Crippen LogP contribution >= 0.6 is 15.9 Å². The Hall–Kier alpha value is -0.460. The average Bonchev–Trinajstić information content (AvgIpc) is 2.00. The van der Waals surface area contributed by atoms with Crippen molar-refractivity contribution in [3.05, 3.63) is 22.4 Å². The van der Waals surface area contributed by atoms with Gasteiger partial charge in [0.25, 0.3) is 0 Å². The molecule has 0 fully saturated rings. The van der Waals surface area contributed by atoms with Crippen LogP contribution in [0.3, 0.4) is 0 Å². The molecule has 15 heavy (non-hydrogen) atoms. The molecule has 0 aromatic carbocycles. The molecule has 1 aromatic rings. The highest BCUT2D eigenvalue weighted by Gasteiger charge is 2.25. The van der Waals surface area contributed by atoms with Crippen molar-refractivity contribution in [2.45, 2.75) is 31.1 Å². The van der Waals surface area contributed by atoms with Crippen LogP contribution in [0.4, 0.5) is 0 Å². The number of halogens is 1. The first-order valence-electron chi connectivity index (χ1n) is 4.31. The Morgan fingerprint density at radius 3 is 2.33 bits per heavy atom. The topological polar surface area (TPSA) is 73.0 Å². The third-order valence-corrected chi connectivity index (χ3v) is 3.19. The largest absolute Gasteiger partial charge is 0.258 e. The van der Waals surface area contributed by atoms with E-state index in [9.17, 15) is 8.42 Å². The van der Waals surface area contributed by atoms with Gasteiger partial charge in [-0.1, -0.05) is 20.8 Å². The molecule has 0 unspecified atom stereocenters. The zero-order valence-corrected chi connectivity index (χ0v) is 11.2. The molecular formula is C9H13BrN2O2S. The average molecular weight is 293 g/mol. The van der Waals surface area contributed by atoms with Gasteiger partial charge in [0.15, 0.2) is 0 Å². The Morgan fingerprint density at radius 2 is 1.93 bits per heavy atom. The summed E-state index contributed by atoms with van der Waals surface area (Å²) in [5.41, 5.74) is 0.121. The summed E-state index contributed by atoms with van der Waals surface area (Å²) >= 11 is 3.17. The predicted molar refractivity (Wildman–Crippen MR) is 62.0 cm³/mol. The van der Waals surface area contributed by atoms with Gasteiger partial charge in [0.2, 0.25) is 10.0 Å². The summed E-state index contributed by atoms with van der Waals surface area (Å²) in [6.07, 6.45) is 1.56. The van der Waals surface area contributed by atoms with Gasteiger partial charge in [-0.2, -0.15) is 0 Å². The van der Waals surface area contributed by atoms with Crippen molar-refractivity contribution >= 4 is 26.0 Å². The van der Waals surface area contributed by atoms with E-state index in [4.69, 9.17) is 5.14 Å². The highest BCUT2D eigenvalue weighted by Crippen LogP contribution is 2.28. The van der Waals surface area contributed by atoms with E-state index in [2.05, 4.69) is 20.9 Å². The molecule has 0 aliphatic heterocycles. The highest BCUT2D eigenvalue weighted by atomic mass is 79.9. The molecule has 1 heterocycles. The molecule has 1 aromatic heterocycles. The summed E-state index contributed by atoms with van der Waals surface area (Å²) in [5.74, 6) is 0. The van der Waals surface area contributed by atoms with Crippen LogP contribution in [0.2, 0.25) is 0 Å². The normalized spacial score (nSPS) is 12.9. The van der Waals surface area contributed by atoms with Crippen LogP contribution in [0.1, 0.15) is 26.5 Å². The van der Waals surface area contributed by atoms with Crippen LogP contribution in [-0.2, 0) is 15.4 Å². The molecule has 0 aliphatic rings. The first kappa shape index (κ1) is 12.6. The second-order valence-electron chi connectivity index (χ2n) is 4.30. The maximum Gasteiger partial charge on any atom is 0.239 e. The molecule has 0 aliphatic carbocycles. The fraction of sp³-hybridized carbons (Fsp3) is 0.444. The molecule has 2 N–H and O–H groups in total. The Labute approximate surface area is 98.1 Å². The van der Waals surface area contributed by atoms with E-state index in [-0.39, 0.29) is 10.3 Å². The monoisotopic (exact) mass is 292 g/mol. The molecule has 0 amide bonds. The number of rotatable bonds is 1. The van der Waals surface area contributed by atoms with Gasteiger partial charge in [-0.15, -0.1) is 0 Å². The zero-order valence-electron chi connectivity index (χ0n) is 8.78. The summed E-state index contributed by atoms with van der Waals surface area (Å²) in [4.78, 5) is 4.18. The van der Waals surface area contributed by atoms with Crippen molar-refractivity contribution in [1.82, 2.24) is 4.98 Å². The number of nitrogens with two attached hydrogens (primary N) is 1. The molecule has 1 rings (SSSR count). The number of pyridine rings is 1. The van der Waals surface area contributed by atoms with E-state index in [0.717, 1.165) is 0 Å². The molecule has 6 heteroatoms. The van der Waals surface area contributed by atoms with Crippen molar-refractivity contribution in [2.75, 3.05) is 0 Å². The number of sulfonamides is 1. The van der Waals surface area contributed by atoms with Gasteiger partial charge < -0.3 is 0 Å². The Bertz CT molecular complexity index is 477. The Kier molecular flexibility index (Phi) is 3.23. The second-order valence-corrected chi connectivity index (χ2v) is 6.74. The summed E-state index contributed by atoms with van der Waals surface area (Å²) in [7, 11) is -3.73. The van der Waals surface area contributed by atoms with Crippen LogP contribution in [0, 0.1) is 0 Å². The standard InChI is InChI=1S/C9H13BrN2O2S/c1-9(2,3)8-7(15(11,13)14)4-6(10)5-12-8/h4-5H,1-3H3,(H2,11,13,14). The van der Waals surface area contributed by atoms with E-state index >= 15 is 0 Å². The molecular weight excluding hydrogens is 280 g/mol. The van der Waals surface area contributed by atoms with Crippen molar-refractivity contribution in [3.8, 4) is 0 Å². The van der Waals surface area contributed by atoms with Gasteiger partial charge in [0, 0.05) is 16.1 Å². The second kappa shape index (κ2) is 3.84. The lowest BCUT2D eigenvalue weighted by atomic mass is 9.92. The van der Waals surface area contributed by atoms with Crippen LogP contribution in [0.15, 0.2) is 21.6 Å². The minimum atomic E-state index is -3.73. The zero-order chi connectivity index (χ0) is 11.9. The maximum atomic E-state index is 11.4. The van der Waals surface area contributed by atoms with E-state index in [1.807, 2.05) is 20.8 Å². The smallest absolute Gasteiger partial charge is 0.239 e. The van der Waals surface area contributed by atoms with Gasteiger partial charge in [-0.25, -0.2) is 13.6 Å². The number of nitrogens with zero attached hydrogens (tertiary/aromatic N) is 1. The molecule has 0 spiro atoms. The summed E-state index contributed by atoms with van der Waals surface area (Å²) in [5, 5.41) is 5.13. The lowest BCUT2D eigenvalue weighted by molar-refractivity contribution is 0.543.